The first-order valence-corrected chi connectivity index (χ1v) is 8.42. The van der Waals surface area contributed by atoms with Gasteiger partial charge in [-0.2, -0.15) is 0 Å². The molecule has 2 rings (SSSR count). The van der Waals surface area contributed by atoms with Crippen molar-refractivity contribution in [3.8, 4) is 11.6 Å². The zero-order valence-electron chi connectivity index (χ0n) is 15.7. The Hall–Kier alpha value is -2.81. The number of nitrogens with zero attached hydrogens (tertiary/aromatic N) is 1. The SMILES string of the molecule is CC(C)(C)OCCOc1ccc(C(=O)Nc2ccc(OC(F)(F)F)cc2)cn1. The molecular formula is C19H21F3N2O4. The Balaban J connectivity index is 1.85. The second kappa shape index (κ2) is 8.92. The van der Waals surface area contributed by atoms with Crippen LogP contribution >= 0.6 is 0 Å². The lowest BCUT2D eigenvalue weighted by Crippen LogP contribution is -2.22. The van der Waals surface area contributed by atoms with Crippen LogP contribution in [0.1, 0.15) is 31.1 Å². The van der Waals surface area contributed by atoms with Gasteiger partial charge >= 0.3 is 6.36 Å². The van der Waals surface area contributed by atoms with Crippen molar-refractivity contribution in [3.63, 3.8) is 0 Å². The van der Waals surface area contributed by atoms with E-state index in [0.29, 0.717) is 24.8 Å². The number of carbonyl (C=O) groups is 1. The third kappa shape index (κ3) is 7.83. The summed E-state index contributed by atoms with van der Waals surface area (Å²) >= 11 is 0. The van der Waals surface area contributed by atoms with Gasteiger partial charge in [0.1, 0.15) is 12.4 Å². The van der Waals surface area contributed by atoms with Crippen LogP contribution in [0.5, 0.6) is 11.6 Å². The van der Waals surface area contributed by atoms with Crippen molar-refractivity contribution in [3.05, 3.63) is 48.2 Å². The number of halogens is 3. The molecule has 0 bridgehead atoms. The summed E-state index contributed by atoms with van der Waals surface area (Å²) in [5.74, 6) is -0.480. The van der Waals surface area contributed by atoms with Gasteiger partial charge < -0.3 is 19.5 Å². The Morgan fingerprint density at radius 3 is 2.25 bits per heavy atom. The van der Waals surface area contributed by atoms with Crippen LogP contribution in [0.4, 0.5) is 18.9 Å². The van der Waals surface area contributed by atoms with Crippen LogP contribution in [-0.4, -0.2) is 36.1 Å². The predicted octanol–water partition coefficient (Wildman–Crippen LogP) is 4.43. The molecule has 0 fully saturated rings. The lowest BCUT2D eigenvalue weighted by atomic mass is 10.2. The molecule has 152 valence electrons. The molecule has 0 aliphatic carbocycles. The van der Waals surface area contributed by atoms with E-state index < -0.39 is 12.3 Å². The van der Waals surface area contributed by atoms with Gasteiger partial charge in [0.2, 0.25) is 5.88 Å². The minimum Gasteiger partial charge on any atom is -0.475 e. The highest BCUT2D eigenvalue weighted by Crippen LogP contribution is 2.24. The van der Waals surface area contributed by atoms with Crippen molar-refractivity contribution in [1.29, 1.82) is 0 Å². The number of carbonyl (C=O) groups excluding carboxylic acids is 1. The van der Waals surface area contributed by atoms with Crippen molar-refractivity contribution < 1.29 is 32.2 Å². The molecule has 1 amide bonds. The van der Waals surface area contributed by atoms with Crippen LogP contribution in [0.2, 0.25) is 0 Å². The predicted molar refractivity (Wildman–Crippen MR) is 96.5 cm³/mol. The third-order valence-corrected chi connectivity index (χ3v) is 3.21. The number of nitrogens with one attached hydrogen (secondary N) is 1. The Morgan fingerprint density at radius 1 is 1.04 bits per heavy atom. The average molecular weight is 398 g/mol. The molecule has 1 heterocycles. The fraction of sp³-hybridized carbons (Fsp3) is 0.368. The number of pyridine rings is 1. The summed E-state index contributed by atoms with van der Waals surface area (Å²) in [5, 5.41) is 2.56. The summed E-state index contributed by atoms with van der Waals surface area (Å²) in [6.45, 7) is 6.55. The van der Waals surface area contributed by atoms with Crippen molar-refractivity contribution in [2.45, 2.75) is 32.7 Å². The standard InChI is InChI=1S/C19H21F3N2O4/c1-18(2,3)27-11-10-26-16-9-4-13(12-23-16)17(25)24-14-5-7-15(8-6-14)28-19(20,21)22/h4-9,12H,10-11H2,1-3H3,(H,24,25). The second-order valence-electron chi connectivity index (χ2n) is 6.72. The number of hydrogen-bond acceptors (Lipinski definition) is 5. The Bertz CT molecular complexity index is 770. The maximum atomic E-state index is 12.2. The normalized spacial score (nSPS) is 11.8. The third-order valence-electron chi connectivity index (χ3n) is 3.21. The van der Waals surface area contributed by atoms with Crippen molar-refractivity contribution >= 4 is 11.6 Å². The molecule has 1 N–H and O–H groups in total. The molecule has 0 aliphatic rings. The molecule has 9 heteroatoms. The first-order chi connectivity index (χ1) is 13.0. The van der Waals surface area contributed by atoms with Gasteiger partial charge in [-0.1, -0.05) is 0 Å². The van der Waals surface area contributed by atoms with Gasteiger partial charge in [0.25, 0.3) is 5.91 Å². The first-order valence-electron chi connectivity index (χ1n) is 8.42. The minimum absolute atomic E-state index is 0.254. The Kier molecular flexibility index (Phi) is 6.85. The summed E-state index contributed by atoms with van der Waals surface area (Å²) in [5.41, 5.74) is 0.337. The number of ether oxygens (including phenoxy) is 3. The summed E-state index contributed by atoms with van der Waals surface area (Å²) in [7, 11) is 0. The molecule has 1 aromatic carbocycles. The smallest absolute Gasteiger partial charge is 0.475 e. The molecular weight excluding hydrogens is 377 g/mol. The van der Waals surface area contributed by atoms with Gasteiger partial charge in [0.15, 0.2) is 0 Å². The number of aromatic nitrogens is 1. The van der Waals surface area contributed by atoms with Crippen LogP contribution in [0.15, 0.2) is 42.6 Å². The number of rotatable bonds is 7. The van der Waals surface area contributed by atoms with Gasteiger partial charge in [-0.05, 0) is 51.1 Å². The average Bonchev–Trinajstić information content (AvgIpc) is 2.59. The highest BCUT2D eigenvalue weighted by Gasteiger charge is 2.30. The molecule has 0 atom stereocenters. The van der Waals surface area contributed by atoms with Crippen molar-refractivity contribution in [2.24, 2.45) is 0 Å². The van der Waals surface area contributed by atoms with E-state index in [1.807, 2.05) is 20.8 Å². The Labute approximate surface area is 160 Å². The van der Waals surface area contributed by atoms with E-state index in [4.69, 9.17) is 9.47 Å². The van der Waals surface area contributed by atoms with Gasteiger partial charge in [0.05, 0.1) is 17.8 Å². The maximum absolute atomic E-state index is 12.2. The van der Waals surface area contributed by atoms with E-state index in [-0.39, 0.29) is 16.9 Å². The van der Waals surface area contributed by atoms with Gasteiger partial charge in [0, 0.05) is 18.0 Å². The maximum Gasteiger partial charge on any atom is 0.573 e. The lowest BCUT2D eigenvalue weighted by Gasteiger charge is -2.19. The molecule has 28 heavy (non-hydrogen) atoms. The van der Waals surface area contributed by atoms with E-state index in [1.54, 1.807) is 6.07 Å². The van der Waals surface area contributed by atoms with E-state index in [0.717, 1.165) is 12.1 Å². The fourth-order valence-electron chi connectivity index (χ4n) is 2.04. The van der Waals surface area contributed by atoms with Crippen LogP contribution in [0.25, 0.3) is 0 Å². The number of amides is 1. The largest absolute Gasteiger partial charge is 0.573 e. The zero-order valence-corrected chi connectivity index (χ0v) is 15.7. The Morgan fingerprint density at radius 2 is 1.71 bits per heavy atom. The lowest BCUT2D eigenvalue weighted by molar-refractivity contribution is -0.274. The van der Waals surface area contributed by atoms with Crippen LogP contribution in [0.3, 0.4) is 0 Å². The number of alkyl halides is 3. The van der Waals surface area contributed by atoms with Crippen molar-refractivity contribution in [2.75, 3.05) is 18.5 Å². The van der Waals surface area contributed by atoms with E-state index >= 15 is 0 Å². The van der Waals surface area contributed by atoms with E-state index in [9.17, 15) is 18.0 Å². The number of hydrogen-bond donors (Lipinski definition) is 1. The minimum atomic E-state index is -4.76. The highest BCUT2D eigenvalue weighted by molar-refractivity contribution is 6.04. The molecule has 6 nitrogen and oxygen atoms in total. The van der Waals surface area contributed by atoms with E-state index in [2.05, 4.69) is 15.0 Å². The second-order valence-corrected chi connectivity index (χ2v) is 6.72. The van der Waals surface area contributed by atoms with Gasteiger partial charge in [-0.25, -0.2) is 4.98 Å². The summed E-state index contributed by atoms with van der Waals surface area (Å²) in [6.07, 6.45) is -3.42. The zero-order chi connectivity index (χ0) is 20.8. The van der Waals surface area contributed by atoms with Crippen molar-refractivity contribution in [1.82, 2.24) is 4.98 Å². The highest BCUT2D eigenvalue weighted by atomic mass is 19.4. The topological polar surface area (TPSA) is 69.7 Å². The van der Waals surface area contributed by atoms with Gasteiger partial charge in [-0.3, -0.25) is 4.79 Å². The number of anilines is 1. The molecule has 0 spiro atoms. The van der Waals surface area contributed by atoms with E-state index in [1.165, 1.54) is 24.4 Å². The quantitative estimate of drug-likeness (QED) is 0.699. The molecule has 1 aromatic heterocycles. The molecule has 0 saturated carbocycles. The van der Waals surface area contributed by atoms with Gasteiger partial charge in [-0.15, -0.1) is 13.2 Å². The fourth-order valence-corrected chi connectivity index (χ4v) is 2.04. The summed E-state index contributed by atoms with van der Waals surface area (Å²) in [4.78, 5) is 16.2. The molecule has 0 saturated heterocycles. The number of benzene rings is 1. The van der Waals surface area contributed by atoms with Crippen LogP contribution < -0.4 is 14.8 Å². The van der Waals surface area contributed by atoms with Crippen LogP contribution in [-0.2, 0) is 4.74 Å². The summed E-state index contributed by atoms with van der Waals surface area (Å²) in [6, 6.07) is 7.91. The van der Waals surface area contributed by atoms with Crippen LogP contribution in [0, 0.1) is 0 Å². The molecule has 0 unspecified atom stereocenters. The molecule has 0 radical (unpaired) electrons. The molecule has 0 aliphatic heterocycles. The first kappa shape index (κ1) is 21.5. The molecule has 2 aromatic rings. The summed E-state index contributed by atoms with van der Waals surface area (Å²) < 4.78 is 51.2. The monoisotopic (exact) mass is 398 g/mol.